The van der Waals surface area contributed by atoms with Crippen molar-refractivity contribution >= 4 is 11.6 Å². The van der Waals surface area contributed by atoms with Crippen molar-refractivity contribution in [1.82, 2.24) is 10.2 Å². The molecule has 1 heterocycles. The summed E-state index contributed by atoms with van der Waals surface area (Å²) >= 11 is 0. The summed E-state index contributed by atoms with van der Waals surface area (Å²) in [6.45, 7) is 10.6. The van der Waals surface area contributed by atoms with E-state index >= 15 is 0 Å². The molecule has 0 radical (unpaired) electrons. The van der Waals surface area contributed by atoms with Gasteiger partial charge < -0.3 is 19.9 Å². The zero-order valence-electron chi connectivity index (χ0n) is 15.4. The third-order valence-corrected chi connectivity index (χ3v) is 4.27. The highest BCUT2D eigenvalue weighted by Gasteiger charge is 2.10. The van der Waals surface area contributed by atoms with E-state index in [0.29, 0.717) is 6.54 Å². The van der Waals surface area contributed by atoms with E-state index < -0.39 is 0 Å². The fourth-order valence-corrected chi connectivity index (χ4v) is 2.77. The lowest BCUT2D eigenvalue weighted by atomic mass is 10.2. The first-order valence-corrected chi connectivity index (χ1v) is 9.15. The second-order valence-corrected chi connectivity index (χ2v) is 6.21. The highest BCUT2D eigenvalue weighted by molar-refractivity contribution is 5.79. The van der Waals surface area contributed by atoms with E-state index in [1.54, 1.807) is 0 Å². The molecule has 24 heavy (non-hydrogen) atoms. The molecule has 0 spiro atoms. The number of guanidine groups is 1. The Morgan fingerprint density at radius 2 is 1.92 bits per heavy atom. The Kier molecular flexibility index (Phi) is 7.89. The molecule has 5 nitrogen and oxygen atoms in total. The number of hydrogen-bond acceptors (Lipinski definition) is 3. The van der Waals surface area contributed by atoms with Gasteiger partial charge in [-0.05, 0) is 31.0 Å². The quantitative estimate of drug-likeness (QED) is 0.616. The van der Waals surface area contributed by atoms with Crippen molar-refractivity contribution in [3.8, 4) is 0 Å². The summed E-state index contributed by atoms with van der Waals surface area (Å²) in [6.07, 6.45) is 2.39. The molecule has 134 valence electrons. The standard InChI is InChI=1S/C19H32N4O/c1-4-6-11-22(3)19(20-5-2)21-16-17-7-9-18(10-8-17)23-12-14-24-15-13-23/h7-10H,4-6,11-16H2,1-3H3,(H,20,21). The zero-order valence-corrected chi connectivity index (χ0v) is 15.4. The van der Waals surface area contributed by atoms with Crippen molar-refractivity contribution < 1.29 is 4.74 Å². The van der Waals surface area contributed by atoms with Crippen LogP contribution >= 0.6 is 0 Å². The minimum atomic E-state index is 0.711. The topological polar surface area (TPSA) is 40.1 Å². The molecule has 1 fully saturated rings. The summed E-state index contributed by atoms with van der Waals surface area (Å²) in [6, 6.07) is 8.77. The average molecular weight is 332 g/mol. The minimum Gasteiger partial charge on any atom is -0.378 e. The minimum absolute atomic E-state index is 0.711. The predicted molar refractivity (Wildman–Crippen MR) is 102 cm³/mol. The van der Waals surface area contributed by atoms with Gasteiger partial charge in [0.05, 0.1) is 19.8 Å². The molecule has 0 saturated carbocycles. The van der Waals surface area contributed by atoms with Crippen LogP contribution < -0.4 is 10.2 Å². The molecule has 1 aliphatic heterocycles. The number of benzene rings is 1. The first-order chi connectivity index (χ1) is 11.7. The van der Waals surface area contributed by atoms with Gasteiger partial charge in [-0.1, -0.05) is 25.5 Å². The van der Waals surface area contributed by atoms with Crippen LogP contribution in [0.15, 0.2) is 29.3 Å². The van der Waals surface area contributed by atoms with E-state index in [1.165, 1.54) is 24.1 Å². The van der Waals surface area contributed by atoms with Crippen molar-refractivity contribution in [2.24, 2.45) is 4.99 Å². The van der Waals surface area contributed by atoms with Gasteiger partial charge in [-0.15, -0.1) is 0 Å². The molecule has 0 aromatic heterocycles. The number of unbranched alkanes of at least 4 members (excludes halogenated alkanes) is 1. The fourth-order valence-electron chi connectivity index (χ4n) is 2.77. The third-order valence-electron chi connectivity index (χ3n) is 4.27. The number of hydrogen-bond donors (Lipinski definition) is 1. The lowest BCUT2D eigenvalue weighted by Gasteiger charge is -2.28. The van der Waals surface area contributed by atoms with E-state index in [9.17, 15) is 0 Å². The van der Waals surface area contributed by atoms with Crippen LogP contribution in [0, 0.1) is 0 Å². The van der Waals surface area contributed by atoms with Crippen molar-refractivity contribution in [2.45, 2.75) is 33.2 Å². The number of ether oxygens (including phenoxy) is 1. The van der Waals surface area contributed by atoms with Crippen LogP contribution in [0.2, 0.25) is 0 Å². The third kappa shape index (κ3) is 5.71. The smallest absolute Gasteiger partial charge is 0.193 e. The van der Waals surface area contributed by atoms with E-state index in [-0.39, 0.29) is 0 Å². The Balaban J connectivity index is 1.94. The van der Waals surface area contributed by atoms with Crippen LogP contribution in [0.3, 0.4) is 0 Å². The summed E-state index contributed by atoms with van der Waals surface area (Å²) < 4.78 is 5.41. The molecular formula is C19H32N4O. The maximum absolute atomic E-state index is 5.41. The Morgan fingerprint density at radius 1 is 1.21 bits per heavy atom. The Labute approximate surface area is 146 Å². The summed E-state index contributed by atoms with van der Waals surface area (Å²) in [7, 11) is 2.11. The molecule has 0 amide bonds. The monoisotopic (exact) mass is 332 g/mol. The molecule has 1 saturated heterocycles. The van der Waals surface area contributed by atoms with E-state index in [2.05, 4.69) is 60.3 Å². The van der Waals surface area contributed by atoms with E-state index in [0.717, 1.165) is 45.4 Å². The summed E-state index contributed by atoms with van der Waals surface area (Å²) in [5.74, 6) is 0.989. The molecular weight excluding hydrogens is 300 g/mol. The lowest BCUT2D eigenvalue weighted by molar-refractivity contribution is 0.122. The van der Waals surface area contributed by atoms with Gasteiger partial charge in [0, 0.05) is 38.9 Å². The molecule has 0 unspecified atom stereocenters. The van der Waals surface area contributed by atoms with Crippen LogP contribution in [0.5, 0.6) is 0 Å². The maximum Gasteiger partial charge on any atom is 0.193 e. The van der Waals surface area contributed by atoms with Gasteiger partial charge in [0.2, 0.25) is 0 Å². The van der Waals surface area contributed by atoms with Crippen LogP contribution in [0.4, 0.5) is 5.69 Å². The molecule has 1 aromatic carbocycles. The molecule has 5 heteroatoms. The first kappa shape index (κ1) is 18.6. The van der Waals surface area contributed by atoms with Gasteiger partial charge >= 0.3 is 0 Å². The molecule has 1 N–H and O–H groups in total. The summed E-state index contributed by atoms with van der Waals surface area (Å²) in [5.41, 5.74) is 2.52. The average Bonchev–Trinajstić information content (AvgIpc) is 2.64. The Morgan fingerprint density at radius 3 is 2.54 bits per heavy atom. The van der Waals surface area contributed by atoms with Crippen LogP contribution in [0.1, 0.15) is 32.3 Å². The van der Waals surface area contributed by atoms with Crippen LogP contribution in [-0.2, 0) is 11.3 Å². The number of aliphatic imine (C=N–C) groups is 1. The lowest BCUT2D eigenvalue weighted by Crippen LogP contribution is -2.39. The highest BCUT2D eigenvalue weighted by atomic mass is 16.5. The van der Waals surface area contributed by atoms with Gasteiger partial charge in [0.25, 0.3) is 0 Å². The predicted octanol–water partition coefficient (Wildman–Crippen LogP) is 2.72. The SMILES string of the molecule is CCCCN(C)C(=NCc1ccc(N2CCOCC2)cc1)NCC. The molecule has 2 rings (SSSR count). The van der Waals surface area contributed by atoms with E-state index in [4.69, 9.17) is 9.73 Å². The fraction of sp³-hybridized carbons (Fsp3) is 0.632. The van der Waals surface area contributed by atoms with Crippen molar-refractivity contribution in [2.75, 3.05) is 51.3 Å². The van der Waals surface area contributed by atoms with Crippen molar-refractivity contribution in [1.29, 1.82) is 0 Å². The first-order valence-electron chi connectivity index (χ1n) is 9.15. The molecule has 0 atom stereocenters. The summed E-state index contributed by atoms with van der Waals surface area (Å²) in [5, 5.41) is 3.38. The normalized spacial score (nSPS) is 15.5. The van der Waals surface area contributed by atoms with Gasteiger partial charge in [0.15, 0.2) is 5.96 Å². The Bertz CT molecular complexity index is 495. The number of anilines is 1. The van der Waals surface area contributed by atoms with Gasteiger partial charge in [-0.25, -0.2) is 4.99 Å². The summed E-state index contributed by atoms with van der Waals surface area (Å²) in [4.78, 5) is 9.37. The number of rotatable bonds is 7. The van der Waals surface area contributed by atoms with Crippen LogP contribution in [-0.4, -0.2) is 57.3 Å². The van der Waals surface area contributed by atoms with Crippen molar-refractivity contribution in [3.05, 3.63) is 29.8 Å². The zero-order chi connectivity index (χ0) is 17.2. The second-order valence-electron chi connectivity index (χ2n) is 6.21. The second kappa shape index (κ2) is 10.2. The maximum atomic E-state index is 5.41. The van der Waals surface area contributed by atoms with E-state index in [1.807, 2.05) is 0 Å². The largest absolute Gasteiger partial charge is 0.378 e. The molecule has 1 aromatic rings. The number of nitrogens with one attached hydrogen (secondary N) is 1. The van der Waals surface area contributed by atoms with Gasteiger partial charge in [-0.3, -0.25) is 0 Å². The highest BCUT2D eigenvalue weighted by Crippen LogP contribution is 2.17. The molecule has 1 aliphatic rings. The van der Waals surface area contributed by atoms with Crippen LogP contribution in [0.25, 0.3) is 0 Å². The number of morpholine rings is 1. The molecule has 0 bridgehead atoms. The van der Waals surface area contributed by atoms with Crippen molar-refractivity contribution in [3.63, 3.8) is 0 Å². The number of nitrogens with zero attached hydrogens (tertiary/aromatic N) is 3. The van der Waals surface area contributed by atoms with Gasteiger partial charge in [-0.2, -0.15) is 0 Å². The Hall–Kier alpha value is -1.75. The van der Waals surface area contributed by atoms with Gasteiger partial charge in [0.1, 0.15) is 0 Å². The molecule has 0 aliphatic carbocycles.